The summed E-state index contributed by atoms with van der Waals surface area (Å²) < 4.78 is 4.47. The molecule has 0 amide bonds. The summed E-state index contributed by atoms with van der Waals surface area (Å²) >= 11 is 0. The van der Waals surface area contributed by atoms with Gasteiger partial charge in [-0.25, -0.2) is 0 Å². The highest BCUT2D eigenvalue weighted by atomic mass is 16.5. The molecule has 0 radical (unpaired) electrons. The van der Waals surface area contributed by atoms with Crippen molar-refractivity contribution in [3.63, 3.8) is 0 Å². The third-order valence-corrected chi connectivity index (χ3v) is 1.60. The Labute approximate surface area is 73.0 Å². The number of esters is 1. The minimum Gasteiger partial charge on any atom is -0.469 e. The molecule has 0 aliphatic heterocycles. The summed E-state index contributed by atoms with van der Waals surface area (Å²) in [4.78, 5) is 10.6. The van der Waals surface area contributed by atoms with Gasteiger partial charge in [-0.3, -0.25) is 4.79 Å². The molecule has 0 atom stereocenters. The van der Waals surface area contributed by atoms with E-state index in [4.69, 9.17) is 5.11 Å². The largest absolute Gasteiger partial charge is 0.469 e. The van der Waals surface area contributed by atoms with E-state index < -0.39 is 0 Å². The van der Waals surface area contributed by atoms with E-state index in [-0.39, 0.29) is 12.6 Å². The van der Waals surface area contributed by atoms with E-state index in [0.717, 1.165) is 18.4 Å². The van der Waals surface area contributed by atoms with Gasteiger partial charge in [-0.15, -0.1) is 0 Å². The van der Waals surface area contributed by atoms with Gasteiger partial charge < -0.3 is 9.84 Å². The lowest BCUT2D eigenvalue weighted by Crippen LogP contribution is -1.99. The lowest BCUT2D eigenvalue weighted by atomic mass is 10.1. The van der Waals surface area contributed by atoms with Gasteiger partial charge in [0, 0.05) is 13.0 Å². The quantitative estimate of drug-likeness (QED) is 0.484. The molecule has 0 spiro atoms. The summed E-state index contributed by atoms with van der Waals surface area (Å²) in [6.45, 7) is 3.89. The lowest BCUT2D eigenvalue weighted by Gasteiger charge is -2.02. The molecular formula is C9H16O3. The lowest BCUT2D eigenvalue weighted by molar-refractivity contribution is -0.140. The Morgan fingerprint density at radius 2 is 2.08 bits per heavy atom. The van der Waals surface area contributed by atoms with Crippen molar-refractivity contribution in [1.82, 2.24) is 0 Å². The van der Waals surface area contributed by atoms with E-state index in [2.05, 4.69) is 11.3 Å². The van der Waals surface area contributed by atoms with Gasteiger partial charge in [0.1, 0.15) is 0 Å². The molecule has 0 bridgehead atoms. The highest BCUT2D eigenvalue weighted by Crippen LogP contribution is 2.08. The molecule has 0 aromatic rings. The fourth-order valence-corrected chi connectivity index (χ4v) is 0.868. The fourth-order valence-electron chi connectivity index (χ4n) is 0.868. The van der Waals surface area contributed by atoms with Crippen LogP contribution >= 0.6 is 0 Å². The second kappa shape index (κ2) is 6.85. The fraction of sp³-hybridized carbons (Fsp3) is 0.667. The summed E-state index contributed by atoms with van der Waals surface area (Å²) in [5.41, 5.74) is 0.987. The number of hydrogen-bond donors (Lipinski definition) is 1. The Balaban J connectivity index is 3.30. The number of aliphatic hydroxyl groups is 1. The SMILES string of the molecule is C=C(CCO)CCCC(=O)OC. The first kappa shape index (κ1) is 11.2. The summed E-state index contributed by atoms with van der Waals surface area (Å²) in [5.74, 6) is -0.188. The number of carbonyl (C=O) groups is 1. The Morgan fingerprint density at radius 1 is 1.42 bits per heavy atom. The standard InChI is InChI=1S/C9H16O3/c1-8(6-7-10)4-3-5-9(11)12-2/h10H,1,3-7H2,2H3. The molecule has 0 aliphatic carbocycles. The molecule has 0 saturated heterocycles. The summed E-state index contributed by atoms with van der Waals surface area (Å²) in [5, 5.41) is 8.54. The van der Waals surface area contributed by atoms with E-state index in [1.807, 2.05) is 0 Å². The van der Waals surface area contributed by atoms with Crippen molar-refractivity contribution < 1.29 is 14.6 Å². The molecule has 0 aromatic carbocycles. The molecular weight excluding hydrogens is 156 g/mol. The van der Waals surface area contributed by atoms with Gasteiger partial charge in [0.2, 0.25) is 0 Å². The number of aliphatic hydroxyl groups excluding tert-OH is 1. The number of methoxy groups -OCH3 is 1. The minimum absolute atomic E-state index is 0.136. The van der Waals surface area contributed by atoms with Crippen LogP contribution in [-0.2, 0) is 9.53 Å². The molecule has 0 fully saturated rings. The second-order valence-electron chi connectivity index (χ2n) is 2.65. The number of carbonyl (C=O) groups excluding carboxylic acids is 1. The number of rotatable bonds is 6. The van der Waals surface area contributed by atoms with Gasteiger partial charge in [0.15, 0.2) is 0 Å². The molecule has 0 rings (SSSR count). The molecule has 12 heavy (non-hydrogen) atoms. The van der Waals surface area contributed by atoms with Gasteiger partial charge in [0.05, 0.1) is 7.11 Å². The molecule has 0 saturated carbocycles. The van der Waals surface area contributed by atoms with Crippen LogP contribution in [0.1, 0.15) is 25.7 Å². The van der Waals surface area contributed by atoms with Crippen molar-refractivity contribution in [2.24, 2.45) is 0 Å². The van der Waals surface area contributed by atoms with E-state index in [9.17, 15) is 4.79 Å². The first-order chi connectivity index (χ1) is 5.70. The van der Waals surface area contributed by atoms with Crippen molar-refractivity contribution in [2.75, 3.05) is 13.7 Å². The number of hydrogen-bond acceptors (Lipinski definition) is 3. The number of ether oxygens (including phenoxy) is 1. The highest BCUT2D eigenvalue weighted by Gasteiger charge is 2.00. The van der Waals surface area contributed by atoms with Crippen LogP contribution in [0.5, 0.6) is 0 Å². The molecule has 0 heterocycles. The van der Waals surface area contributed by atoms with Crippen molar-refractivity contribution in [1.29, 1.82) is 0 Å². The zero-order chi connectivity index (χ0) is 9.40. The molecule has 0 unspecified atom stereocenters. The maximum Gasteiger partial charge on any atom is 0.305 e. The molecule has 0 aromatic heterocycles. The summed E-state index contributed by atoms with van der Waals surface area (Å²) in [6.07, 6.45) is 2.60. The van der Waals surface area contributed by atoms with Crippen molar-refractivity contribution in [2.45, 2.75) is 25.7 Å². The van der Waals surface area contributed by atoms with Gasteiger partial charge in [-0.1, -0.05) is 12.2 Å². The van der Waals surface area contributed by atoms with Crippen molar-refractivity contribution in [3.05, 3.63) is 12.2 Å². The Morgan fingerprint density at radius 3 is 2.58 bits per heavy atom. The summed E-state index contributed by atoms with van der Waals surface area (Å²) in [6, 6.07) is 0. The van der Waals surface area contributed by atoms with Gasteiger partial charge in [-0.2, -0.15) is 0 Å². The Hall–Kier alpha value is -0.830. The third kappa shape index (κ3) is 5.92. The van der Waals surface area contributed by atoms with E-state index in [0.29, 0.717) is 12.8 Å². The first-order valence-electron chi connectivity index (χ1n) is 4.05. The minimum atomic E-state index is -0.188. The average Bonchev–Trinajstić information content (AvgIpc) is 2.04. The van der Waals surface area contributed by atoms with E-state index in [1.165, 1.54) is 7.11 Å². The Bertz CT molecular complexity index is 152. The van der Waals surface area contributed by atoms with Crippen molar-refractivity contribution in [3.8, 4) is 0 Å². The zero-order valence-electron chi connectivity index (χ0n) is 7.51. The summed E-state index contributed by atoms with van der Waals surface area (Å²) in [7, 11) is 1.38. The predicted molar refractivity (Wildman–Crippen MR) is 46.7 cm³/mol. The average molecular weight is 172 g/mol. The van der Waals surface area contributed by atoms with E-state index in [1.54, 1.807) is 0 Å². The smallest absolute Gasteiger partial charge is 0.305 e. The van der Waals surface area contributed by atoms with Crippen LogP contribution in [0.4, 0.5) is 0 Å². The maximum absolute atomic E-state index is 10.6. The molecule has 1 N–H and O–H groups in total. The van der Waals surface area contributed by atoms with Gasteiger partial charge >= 0.3 is 5.97 Å². The van der Waals surface area contributed by atoms with Crippen LogP contribution in [0.25, 0.3) is 0 Å². The molecule has 0 aliphatic rings. The van der Waals surface area contributed by atoms with Crippen LogP contribution in [-0.4, -0.2) is 24.8 Å². The van der Waals surface area contributed by atoms with Gasteiger partial charge in [0.25, 0.3) is 0 Å². The van der Waals surface area contributed by atoms with Crippen LogP contribution in [0.15, 0.2) is 12.2 Å². The molecule has 3 heteroatoms. The Kier molecular flexibility index (Phi) is 6.38. The molecule has 70 valence electrons. The first-order valence-corrected chi connectivity index (χ1v) is 4.05. The predicted octanol–water partition coefficient (Wildman–Crippen LogP) is 1.27. The topological polar surface area (TPSA) is 46.5 Å². The van der Waals surface area contributed by atoms with E-state index >= 15 is 0 Å². The second-order valence-corrected chi connectivity index (χ2v) is 2.65. The van der Waals surface area contributed by atoms with Crippen LogP contribution < -0.4 is 0 Å². The van der Waals surface area contributed by atoms with Gasteiger partial charge in [-0.05, 0) is 19.3 Å². The molecule has 3 nitrogen and oxygen atoms in total. The van der Waals surface area contributed by atoms with Crippen LogP contribution in [0.3, 0.4) is 0 Å². The van der Waals surface area contributed by atoms with Crippen LogP contribution in [0, 0.1) is 0 Å². The maximum atomic E-state index is 10.6. The van der Waals surface area contributed by atoms with Crippen molar-refractivity contribution >= 4 is 5.97 Å². The zero-order valence-corrected chi connectivity index (χ0v) is 7.51. The third-order valence-electron chi connectivity index (χ3n) is 1.60. The van der Waals surface area contributed by atoms with Crippen LogP contribution in [0.2, 0.25) is 0 Å². The monoisotopic (exact) mass is 172 g/mol. The normalized spacial score (nSPS) is 9.50. The highest BCUT2D eigenvalue weighted by molar-refractivity contribution is 5.69.